The van der Waals surface area contributed by atoms with Crippen LogP contribution in [0.4, 0.5) is 0 Å². The average molecular weight is 230 g/mol. The molecule has 0 bridgehead atoms. The van der Waals surface area contributed by atoms with Gasteiger partial charge < -0.3 is 10.1 Å². The third kappa shape index (κ3) is 2.59. The lowest BCUT2D eigenvalue weighted by Gasteiger charge is -2.35. The molecule has 1 saturated carbocycles. The van der Waals surface area contributed by atoms with E-state index in [1.165, 1.54) is 0 Å². The van der Waals surface area contributed by atoms with Crippen molar-refractivity contribution >= 4 is 0 Å². The summed E-state index contributed by atoms with van der Waals surface area (Å²) in [5.74, 6) is 1.49. The summed E-state index contributed by atoms with van der Waals surface area (Å²) in [5.41, 5.74) is 1.68. The molecule has 3 heteroatoms. The lowest BCUT2D eigenvalue weighted by molar-refractivity contribution is 0.0649. The van der Waals surface area contributed by atoms with Crippen molar-refractivity contribution in [3.63, 3.8) is 0 Å². The maximum absolute atomic E-state index is 9.04. The van der Waals surface area contributed by atoms with Crippen LogP contribution in [0.2, 0.25) is 0 Å². The van der Waals surface area contributed by atoms with Gasteiger partial charge in [0.1, 0.15) is 11.8 Å². The van der Waals surface area contributed by atoms with E-state index in [-0.39, 0.29) is 6.10 Å². The second-order valence-corrected chi connectivity index (χ2v) is 4.70. The molecule has 0 aromatic heterocycles. The van der Waals surface area contributed by atoms with Crippen LogP contribution in [0.15, 0.2) is 18.2 Å². The third-order valence-electron chi connectivity index (χ3n) is 3.30. The molecule has 0 heterocycles. The van der Waals surface area contributed by atoms with Gasteiger partial charge in [0.05, 0.1) is 11.7 Å². The minimum absolute atomic E-state index is 0.279. The minimum Gasteiger partial charge on any atom is -0.489 e. The van der Waals surface area contributed by atoms with E-state index >= 15 is 0 Å². The number of hydrogen-bond acceptors (Lipinski definition) is 3. The minimum atomic E-state index is 0.279. The van der Waals surface area contributed by atoms with E-state index in [0.29, 0.717) is 5.56 Å². The van der Waals surface area contributed by atoms with Crippen LogP contribution in [0, 0.1) is 24.2 Å². The number of aryl methyl sites for hydroxylation is 1. The molecule has 1 aliphatic carbocycles. The molecule has 90 valence electrons. The fraction of sp³-hybridized carbons (Fsp3) is 0.500. The highest BCUT2D eigenvalue weighted by Crippen LogP contribution is 2.33. The highest BCUT2D eigenvalue weighted by Gasteiger charge is 2.30. The quantitative estimate of drug-likeness (QED) is 0.862. The third-order valence-corrected chi connectivity index (χ3v) is 3.30. The predicted molar refractivity (Wildman–Crippen MR) is 67.0 cm³/mol. The maximum Gasteiger partial charge on any atom is 0.140 e. The van der Waals surface area contributed by atoms with Crippen molar-refractivity contribution in [2.24, 2.45) is 5.92 Å². The van der Waals surface area contributed by atoms with Gasteiger partial charge in [-0.2, -0.15) is 5.26 Å². The number of nitrogens with one attached hydrogen (secondary N) is 1. The highest BCUT2D eigenvalue weighted by atomic mass is 16.5. The molecule has 0 amide bonds. The molecule has 0 unspecified atom stereocenters. The number of ether oxygens (including phenoxy) is 1. The van der Waals surface area contributed by atoms with Crippen molar-refractivity contribution in [1.29, 1.82) is 5.26 Å². The van der Waals surface area contributed by atoms with Crippen LogP contribution in [-0.4, -0.2) is 19.7 Å². The van der Waals surface area contributed by atoms with Gasteiger partial charge in [0, 0.05) is 0 Å². The Morgan fingerprint density at radius 2 is 2.24 bits per heavy atom. The zero-order chi connectivity index (χ0) is 12.3. The molecule has 1 aromatic carbocycles. The second kappa shape index (κ2) is 5.20. The summed E-state index contributed by atoms with van der Waals surface area (Å²) in [6, 6.07) is 7.88. The van der Waals surface area contributed by atoms with Gasteiger partial charge in [-0.3, -0.25) is 0 Å². The monoisotopic (exact) mass is 230 g/mol. The Bertz CT molecular complexity index is 430. The fourth-order valence-electron chi connectivity index (χ4n) is 2.29. The van der Waals surface area contributed by atoms with Gasteiger partial charge in [0.15, 0.2) is 0 Å². The van der Waals surface area contributed by atoms with E-state index in [9.17, 15) is 0 Å². The zero-order valence-electron chi connectivity index (χ0n) is 10.4. The van der Waals surface area contributed by atoms with Crippen LogP contribution < -0.4 is 10.1 Å². The Hall–Kier alpha value is -1.53. The van der Waals surface area contributed by atoms with E-state index in [1.54, 1.807) is 0 Å². The van der Waals surface area contributed by atoms with Gasteiger partial charge >= 0.3 is 0 Å². The first-order valence-corrected chi connectivity index (χ1v) is 6.05. The van der Waals surface area contributed by atoms with Crippen LogP contribution in [0.5, 0.6) is 5.75 Å². The van der Waals surface area contributed by atoms with Crippen LogP contribution in [-0.2, 0) is 0 Å². The van der Waals surface area contributed by atoms with E-state index in [2.05, 4.69) is 11.4 Å². The van der Waals surface area contributed by atoms with Crippen LogP contribution >= 0.6 is 0 Å². The van der Waals surface area contributed by atoms with Crippen molar-refractivity contribution in [2.75, 3.05) is 13.6 Å². The summed E-state index contributed by atoms with van der Waals surface area (Å²) in [5, 5.41) is 12.2. The Balaban J connectivity index is 1.99. The van der Waals surface area contributed by atoms with Crippen molar-refractivity contribution < 1.29 is 4.74 Å². The topological polar surface area (TPSA) is 45.0 Å². The molecule has 2 rings (SSSR count). The van der Waals surface area contributed by atoms with Gasteiger partial charge in [-0.1, -0.05) is 12.1 Å². The van der Waals surface area contributed by atoms with Crippen LogP contribution in [0.3, 0.4) is 0 Å². The standard InChI is InChI=1S/C14H18N2O/c1-10-4-3-5-12(8-15)14(10)17-13-6-11(7-13)9-16-2/h3-5,11,13,16H,6-7,9H2,1-2H3. The zero-order valence-corrected chi connectivity index (χ0v) is 10.4. The second-order valence-electron chi connectivity index (χ2n) is 4.70. The lowest BCUT2D eigenvalue weighted by atomic mass is 9.82. The van der Waals surface area contributed by atoms with Crippen LogP contribution in [0.1, 0.15) is 24.0 Å². The van der Waals surface area contributed by atoms with E-state index < -0.39 is 0 Å². The Morgan fingerprint density at radius 1 is 1.47 bits per heavy atom. The molecule has 0 saturated heterocycles. The molecule has 0 aliphatic heterocycles. The molecule has 0 radical (unpaired) electrons. The summed E-state index contributed by atoms with van der Waals surface area (Å²) in [6.07, 6.45) is 2.45. The number of para-hydroxylation sites is 1. The molecular formula is C14H18N2O. The normalized spacial score (nSPS) is 22.6. The maximum atomic E-state index is 9.04. The lowest BCUT2D eigenvalue weighted by Crippen LogP contribution is -2.38. The molecule has 1 N–H and O–H groups in total. The summed E-state index contributed by atoms with van der Waals surface area (Å²) in [6.45, 7) is 3.04. The molecule has 0 spiro atoms. The first-order chi connectivity index (χ1) is 8.24. The van der Waals surface area contributed by atoms with Gasteiger partial charge in [-0.05, 0) is 50.9 Å². The SMILES string of the molecule is CNCC1CC(Oc2c(C)cccc2C#N)C1. The van der Waals surface area contributed by atoms with Crippen molar-refractivity contribution in [3.8, 4) is 11.8 Å². The molecule has 1 aromatic rings. The first kappa shape index (κ1) is 11.9. The number of benzene rings is 1. The Morgan fingerprint density at radius 3 is 2.88 bits per heavy atom. The van der Waals surface area contributed by atoms with Gasteiger partial charge in [-0.25, -0.2) is 0 Å². The van der Waals surface area contributed by atoms with Crippen molar-refractivity contribution in [2.45, 2.75) is 25.9 Å². The van der Waals surface area contributed by atoms with Gasteiger partial charge in [-0.15, -0.1) is 0 Å². The predicted octanol–water partition coefficient (Wildman–Crippen LogP) is 2.24. The van der Waals surface area contributed by atoms with Crippen LogP contribution in [0.25, 0.3) is 0 Å². The van der Waals surface area contributed by atoms with Crippen molar-refractivity contribution in [1.82, 2.24) is 5.32 Å². The summed E-state index contributed by atoms with van der Waals surface area (Å²) >= 11 is 0. The molecule has 1 aliphatic rings. The summed E-state index contributed by atoms with van der Waals surface area (Å²) in [4.78, 5) is 0. The first-order valence-electron chi connectivity index (χ1n) is 6.05. The largest absolute Gasteiger partial charge is 0.489 e. The summed E-state index contributed by atoms with van der Waals surface area (Å²) < 4.78 is 5.93. The number of nitrogens with zero attached hydrogens (tertiary/aromatic N) is 1. The van der Waals surface area contributed by atoms with Gasteiger partial charge in [0.25, 0.3) is 0 Å². The number of nitriles is 1. The van der Waals surface area contributed by atoms with Crippen molar-refractivity contribution in [3.05, 3.63) is 29.3 Å². The number of hydrogen-bond donors (Lipinski definition) is 1. The number of rotatable bonds is 4. The fourth-order valence-corrected chi connectivity index (χ4v) is 2.29. The molecule has 17 heavy (non-hydrogen) atoms. The highest BCUT2D eigenvalue weighted by molar-refractivity contribution is 5.48. The Labute approximate surface area is 102 Å². The van der Waals surface area contributed by atoms with Gasteiger partial charge in [0.2, 0.25) is 0 Å². The summed E-state index contributed by atoms with van der Waals surface area (Å²) in [7, 11) is 1.98. The van der Waals surface area contributed by atoms with E-state index in [1.807, 2.05) is 32.2 Å². The average Bonchev–Trinajstić information content (AvgIpc) is 2.28. The molecule has 0 atom stereocenters. The Kier molecular flexibility index (Phi) is 3.65. The molecular weight excluding hydrogens is 212 g/mol. The van der Waals surface area contributed by atoms with E-state index in [4.69, 9.17) is 10.00 Å². The molecule has 1 fully saturated rings. The molecule has 3 nitrogen and oxygen atoms in total. The van der Waals surface area contributed by atoms with E-state index in [0.717, 1.165) is 36.6 Å². The smallest absolute Gasteiger partial charge is 0.140 e.